The zero-order chi connectivity index (χ0) is 25.4. The van der Waals surface area contributed by atoms with Crippen molar-refractivity contribution >= 4 is 34.4 Å². The van der Waals surface area contributed by atoms with Crippen LogP contribution in [0.3, 0.4) is 0 Å². The molecule has 1 amide bonds. The molecule has 3 N–H and O–H groups in total. The molecule has 2 heterocycles. The number of phenols is 1. The van der Waals surface area contributed by atoms with Crippen LogP contribution < -0.4 is 14.4 Å². The lowest BCUT2D eigenvalue weighted by Crippen LogP contribution is -2.30. The summed E-state index contributed by atoms with van der Waals surface area (Å²) < 4.78 is 10.7. The van der Waals surface area contributed by atoms with Crippen molar-refractivity contribution in [1.29, 1.82) is 0 Å². The predicted octanol–water partition coefficient (Wildman–Crippen LogP) is 4.30. The maximum Gasteiger partial charge on any atom is 0.302 e. The zero-order valence-corrected chi connectivity index (χ0v) is 19.6. The highest BCUT2D eigenvalue weighted by Crippen LogP contribution is 2.43. The number of imidazole rings is 1. The van der Waals surface area contributed by atoms with Crippen molar-refractivity contribution in [2.45, 2.75) is 13.0 Å². The molecule has 0 spiro atoms. The van der Waals surface area contributed by atoms with E-state index in [0.29, 0.717) is 34.5 Å². The van der Waals surface area contributed by atoms with E-state index < -0.39 is 17.7 Å². The van der Waals surface area contributed by atoms with E-state index in [-0.39, 0.29) is 28.8 Å². The first-order valence-corrected chi connectivity index (χ1v) is 11.3. The number of methoxy groups -OCH3 is 1. The van der Waals surface area contributed by atoms with E-state index in [0.717, 1.165) is 0 Å². The molecule has 36 heavy (non-hydrogen) atoms. The van der Waals surface area contributed by atoms with Crippen molar-refractivity contribution in [2.75, 3.05) is 18.6 Å². The van der Waals surface area contributed by atoms with E-state index in [1.807, 2.05) is 18.2 Å². The number of aromatic amines is 1. The molecule has 1 unspecified atom stereocenters. The average molecular weight is 485 g/mol. The Bertz CT molecular complexity index is 1470. The van der Waals surface area contributed by atoms with Gasteiger partial charge in [0.15, 0.2) is 11.5 Å². The van der Waals surface area contributed by atoms with Gasteiger partial charge in [0, 0.05) is 5.56 Å². The Morgan fingerprint density at radius 3 is 2.53 bits per heavy atom. The molecule has 0 bridgehead atoms. The number of rotatable bonds is 6. The first-order valence-electron chi connectivity index (χ1n) is 11.3. The second-order valence-electron chi connectivity index (χ2n) is 8.14. The van der Waals surface area contributed by atoms with Gasteiger partial charge < -0.3 is 24.7 Å². The number of aromatic hydroxyl groups is 1. The minimum atomic E-state index is -1.03. The number of carbonyl (C=O) groups is 2. The second kappa shape index (κ2) is 9.10. The molecule has 1 aliphatic rings. The average Bonchev–Trinajstić information content (AvgIpc) is 3.43. The maximum absolute atomic E-state index is 13.4. The van der Waals surface area contributed by atoms with Crippen molar-refractivity contribution in [3.05, 3.63) is 83.4 Å². The first kappa shape index (κ1) is 23.0. The fourth-order valence-electron chi connectivity index (χ4n) is 4.30. The van der Waals surface area contributed by atoms with Gasteiger partial charge in [-0.2, -0.15) is 0 Å². The summed E-state index contributed by atoms with van der Waals surface area (Å²) in [6, 6.07) is 17.2. The number of benzene rings is 3. The van der Waals surface area contributed by atoms with Crippen LogP contribution in [-0.4, -0.2) is 45.6 Å². The number of Topliss-reactive ketones (excluding diaryl/α,β-unsaturated/α-hetero) is 1. The summed E-state index contributed by atoms with van der Waals surface area (Å²) in [5.74, 6) is -1.22. The second-order valence-corrected chi connectivity index (χ2v) is 8.14. The first-order chi connectivity index (χ1) is 17.4. The molecule has 1 atom stereocenters. The third-order valence-corrected chi connectivity index (χ3v) is 6.01. The number of carbonyl (C=O) groups excluding carboxylic acids is 2. The quantitative estimate of drug-likeness (QED) is 0.211. The number of aliphatic hydroxyl groups is 1. The smallest absolute Gasteiger partial charge is 0.302 e. The van der Waals surface area contributed by atoms with Gasteiger partial charge in [-0.05, 0) is 61.0 Å². The lowest BCUT2D eigenvalue weighted by molar-refractivity contribution is -0.132. The molecule has 1 fully saturated rings. The highest BCUT2D eigenvalue weighted by molar-refractivity contribution is 6.51. The molecule has 1 aromatic heterocycles. The van der Waals surface area contributed by atoms with E-state index in [9.17, 15) is 19.8 Å². The molecule has 4 aromatic rings. The van der Waals surface area contributed by atoms with Gasteiger partial charge in [0.1, 0.15) is 11.5 Å². The number of ketones is 1. The molecule has 5 rings (SSSR count). The van der Waals surface area contributed by atoms with Gasteiger partial charge in [-0.15, -0.1) is 0 Å². The summed E-state index contributed by atoms with van der Waals surface area (Å²) in [7, 11) is 1.52. The fraction of sp³-hybridized carbons (Fsp3) is 0.148. The minimum absolute atomic E-state index is 0.0866. The standard InChI is InChI=1S/C27H23N3O6/c1-3-36-21-14-16(10-13-20(21)31)23-22(24(32)15-8-11-17(35-2)12-9-15)25(33)26(34)30(23)27-28-18-6-4-5-7-19(18)29-27/h4-14,23,31-32H,3H2,1-2H3,(H,28,29)/b24-22+. The highest BCUT2D eigenvalue weighted by Gasteiger charge is 2.48. The summed E-state index contributed by atoms with van der Waals surface area (Å²) in [6.45, 7) is 2.07. The molecule has 3 aromatic carbocycles. The maximum atomic E-state index is 13.4. The van der Waals surface area contributed by atoms with E-state index in [2.05, 4.69) is 9.97 Å². The van der Waals surface area contributed by atoms with Crippen molar-refractivity contribution in [3.8, 4) is 17.2 Å². The Kier molecular flexibility index (Phi) is 5.81. The molecule has 0 saturated carbocycles. The SMILES string of the molecule is CCOc1cc(C2/C(=C(\O)c3ccc(OC)cc3)C(=O)C(=O)N2c2nc3ccccc3[nH]2)ccc1O. The zero-order valence-electron chi connectivity index (χ0n) is 19.6. The number of para-hydroxylation sites is 2. The van der Waals surface area contributed by atoms with Crippen LogP contribution in [0.5, 0.6) is 17.2 Å². The van der Waals surface area contributed by atoms with E-state index >= 15 is 0 Å². The predicted molar refractivity (Wildman–Crippen MR) is 133 cm³/mol. The third-order valence-electron chi connectivity index (χ3n) is 6.01. The molecule has 1 saturated heterocycles. The number of aromatic nitrogens is 2. The molecule has 9 nitrogen and oxygen atoms in total. The topological polar surface area (TPSA) is 125 Å². The van der Waals surface area contributed by atoms with Crippen molar-refractivity contribution in [1.82, 2.24) is 9.97 Å². The Labute approximate surface area is 206 Å². The lowest BCUT2D eigenvalue weighted by atomic mass is 9.95. The number of amides is 1. The summed E-state index contributed by atoms with van der Waals surface area (Å²) in [5.41, 5.74) is 1.98. The van der Waals surface area contributed by atoms with E-state index in [4.69, 9.17) is 9.47 Å². The molecule has 0 radical (unpaired) electrons. The summed E-state index contributed by atoms with van der Waals surface area (Å²) in [6.07, 6.45) is 0. The number of nitrogens with one attached hydrogen (secondary N) is 1. The number of phenolic OH excluding ortho intramolecular Hbond substituents is 1. The third kappa shape index (κ3) is 3.80. The van der Waals surface area contributed by atoms with Crippen LogP contribution in [0.15, 0.2) is 72.3 Å². The Balaban J connectivity index is 1.72. The molecule has 9 heteroatoms. The Morgan fingerprint density at radius 1 is 1.08 bits per heavy atom. The Hall–Kier alpha value is -4.79. The van der Waals surface area contributed by atoms with Crippen LogP contribution in [0.2, 0.25) is 0 Å². The van der Waals surface area contributed by atoms with E-state index in [1.54, 1.807) is 49.4 Å². The van der Waals surface area contributed by atoms with Crippen LogP contribution in [0, 0.1) is 0 Å². The van der Waals surface area contributed by atoms with Gasteiger partial charge in [-0.25, -0.2) is 4.98 Å². The number of aliphatic hydroxyl groups excluding tert-OH is 1. The number of hydrogen-bond acceptors (Lipinski definition) is 7. The van der Waals surface area contributed by atoms with Crippen LogP contribution in [0.1, 0.15) is 24.1 Å². The number of nitrogens with zero attached hydrogens (tertiary/aromatic N) is 2. The fourth-order valence-corrected chi connectivity index (χ4v) is 4.30. The van der Waals surface area contributed by atoms with Crippen LogP contribution >= 0.6 is 0 Å². The van der Waals surface area contributed by atoms with Gasteiger partial charge in [0.25, 0.3) is 5.78 Å². The number of anilines is 1. The molecular weight excluding hydrogens is 462 g/mol. The number of fused-ring (bicyclic) bond motifs is 1. The monoisotopic (exact) mass is 485 g/mol. The van der Waals surface area contributed by atoms with Gasteiger partial charge in [-0.3, -0.25) is 14.5 Å². The largest absolute Gasteiger partial charge is 0.507 e. The van der Waals surface area contributed by atoms with Crippen LogP contribution in [0.4, 0.5) is 5.95 Å². The molecular formula is C27H23N3O6. The minimum Gasteiger partial charge on any atom is -0.507 e. The normalized spacial score (nSPS) is 17.1. The van der Waals surface area contributed by atoms with Gasteiger partial charge in [0.2, 0.25) is 5.95 Å². The van der Waals surface area contributed by atoms with Crippen molar-refractivity contribution in [2.24, 2.45) is 0 Å². The van der Waals surface area contributed by atoms with E-state index in [1.165, 1.54) is 18.1 Å². The van der Waals surface area contributed by atoms with Gasteiger partial charge in [-0.1, -0.05) is 18.2 Å². The van der Waals surface area contributed by atoms with Gasteiger partial charge in [0.05, 0.1) is 36.4 Å². The lowest BCUT2D eigenvalue weighted by Gasteiger charge is -2.23. The summed E-state index contributed by atoms with van der Waals surface area (Å²) in [4.78, 5) is 35.5. The summed E-state index contributed by atoms with van der Waals surface area (Å²) in [5, 5.41) is 21.5. The Morgan fingerprint density at radius 2 is 1.83 bits per heavy atom. The molecule has 182 valence electrons. The van der Waals surface area contributed by atoms with Crippen molar-refractivity contribution in [3.63, 3.8) is 0 Å². The van der Waals surface area contributed by atoms with Crippen molar-refractivity contribution < 1.29 is 29.3 Å². The molecule has 0 aliphatic carbocycles. The highest BCUT2D eigenvalue weighted by atomic mass is 16.5. The number of H-pyrrole nitrogens is 1. The number of ether oxygens (including phenoxy) is 2. The van der Waals surface area contributed by atoms with Gasteiger partial charge >= 0.3 is 5.91 Å². The van der Waals surface area contributed by atoms with Crippen LogP contribution in [0.25, 0.3) is 16.8 Å². The molecule has 1 aliphatic heterocycles. The summed E-state index contributed by atoms with van der Waals surface area (Å²) >= 11 is 0. The number of hydrogen-bond donors (Lipinski definition) is 3. The van der Waals surface area contributed by atoms with Crippen LogP contribution in [-0.2, 0) is 9.59 Å².